The lowest BCUT2D eigenvalue weighted by Crippen LogP contribution is -2.59. The first kappa shape index (κ1) is 44.5. The van der Waals surface area contributed by atoms with Crippen LogP contribution >= 0.6 is 7.82 Å². The molecule has 1 saturated heterocycles. The molecule has 0 spiro atoms. The Hall–Kier alpha value is -4.62. The molecular weight excluding hydrogens is 719 g/mol. The summed E-state index contributed by atoms with van der Waals surface area (Å²) in [4.78, 5) is 109. The minimum absolute atomic E-state index is 0.00224. The van der Waals surface area contributed by atoms with Crippen molar-refractivity contribution in [1.82, 2.24) is 31.1 Å². The molecular formula is C32H51N8O12P. The van der Waals surface area contributed by atoms with Gasteiger partial charge in [-0.1, -0.05) is 26.0 Å². The number of hydrogen-bond donors (Lipinski definition) is 9. The van der Waals surface area contributed by atoms with E-state index in [1.165, 1.54) is 38.1 Å². The van der Waals surface area contributed by atoms with Crippen LogP contribution in [0.25, 0.3) is 0 Å². The number of nitrogens with zero attached hydrogens (tertiary/aromatic N) is 2. The van der Waals surface area contributed by atoms with Crippen LogP contribution < -0.4 is 37.3 Å². The Labute approximate surface area is 306 Å². The number of hydrogen-bond acceptors (Lipinski definition) is 11. The number of nitrogens with one attached hydrogen (secondary N) is 4. The molecule has 5 atom stereocenters. The second-order valence-electron chi connectivity index (χ2n) is 13.2. The molecule has 11 N–H and O–H groups in total. The molecule has 2 rings (SSSR count). The van der Waals surface area contributed by atoms with E-state index in [4.69, 9.17) is 21.3 Å². The molecule has 20 nitrogen and oxygen atoms in total. The van der Waals surface area contributed by atoms with Gasteiger partial charge in [-0.2, -0.15) is 0 Å². The zero-order chi connectivity index (χ0) is 40.0. The maximum Gasteiger partial charge on any atom is 0.524 e. The number of piperazine rings is 1. The van der Waals surface area contributed by atoms with E-state index < -0.39 is 73.5 Å². The van der Waals surface area contributed by atoms with Crippen molar-refractivity contribution in [3.05, 3.63) is 29.8 Å². The lowest BCUT2D eigenvalue weighted by molar-refractivity contribution is -0.139. The smallest absolute Gasteiger partial charge is 0.404 e. The standard InChI is InChI=1S/C32H51N8O12P/c1-18(2)15-25(37-31(47)24(35-20(4)42)16-21-5-7-22(8-6-21)52-53(49,50)51)32(48)40-13-11-39(12-14-40)17-27(44)36-23(9-10-26(33)43)30(46)38-28(19(3)41)29(34)45/h5-8,18-19,23-25,28,41H,9-17H2,1-4H3,(H2,33,43)(H2,34,45)(H,35,42)(H,36,44)(H,37,47)(H,38,46)(H2,49,50,51)/t19-,23+,24+,25+,28+/m1/s1. The Morgan fingerprint density at radius 1 is 0.849 bits per heavy atom. The maximum atomic E-state index is 13.7. The van der Waals surface area contributed by atoms with Crippen LogP contribution in [0.1, 0.15) is 52.5 Å². The lowest BCUT2D eigenvalue weighted by Gasteiger charge is -2.37. The minimum Gasteiger partial charge on any atom is -0.404 e. The zero-order valence-corrected chi connectivity index (χ0v) is 31.0. The molecule has 7 amide bonds. The Morgan fingerprint density at radius 3 is 1.92 bits per heavy atom. The summed E-state index contributed by atoms with van der Waals surface area (Å²) >= 11 is 0. The van der Waals surface area contributed by atoms with E-state index in [-0.39, 0.29) is 76.0 Å². The minimum atomic E-state index is -4.77. The van der Waals surface area contributed by atoms with Crippen LogP contribution in [0.3, 0.4) is 0 Å². The van der Waals surface area contributed by atoms with E-state index in [0.29, 0.717) is 5.56 Å². The van der Waals surface area contributed by atoms with Crippen LogP contribution in [-0.4, -0.2) is 129 Å². The zero-order valence-electron chi connectivity index (χ0n) is 30.1. The molecule has 0 saturated carbocycles. The molecule has 1 aromatic rings. The van der Waals surface area contributed by atoms with Crippen molar-refractivity contribution in [3.63, 3.8) is 0 Å². The number of benzene rings is 1. The first-order valence-corrected chi connectivity index (χ1v) is 18.5. The normalized spacial score (nSPS) is 16.3. The number of aliphatic hydroxyl groups is 1. The number of aliphatic hydroxyl groups excluding tert-OH is 1. The Balaban J connectivity index is 2.05. The highest BCUT2D eigenvalue weighted by atomic mass is 31.2. The molecule has 0 bridgehead atoms. The topological polar surface area (TPSA) is 313 Å². The Morgan fingerprint density at radius 2 is 1.43 bits per heavy atom. The van der Waals surface area contributed by atoms with Gasteiger partial charge in [-0.3, -0.25) is 48.2 Å². The molecule has 21 heteroatoms. The third kappa shape index (κ3) is 16.3. The van der Waals surface area contributed by atoms with Gasteiger partial charge in [0.1, 0.15) is 29.9 Å². The van der Waals surface area contributed by atoms with E-state index in [1.54, 1.807) is 9.80 Å². The van der Waals surface area contributed by atoms with Gasteiger partial charge in [0.15, 0.2) is 0 Å². The molecule has 1 heterocycles. The van der Waals surface area contributed by atoms with Crippen molar-refractivity contribution < 1.29 is 57.5 Å². The largest absolute Gasteiger partial charge is 0.524 e. The number of primary amides is 2. The second kappa shape index (κ2) is 20.6. The Bertz CT molecular complexity index is 1510. The highest BCUT2D eigenvalue weighted by Gasteiger charge is 2.33. The molecule has 296 valence electrons. The van der Waals surface area contributed by atoms with Crippen molar-refractivity contribution in [2.45, 2.75) is 83.6 Å². The van der Waals surface area contributed by atoms with E-state index in [1.807, 2.05) is 13.8 Å². The molecule has 0 aromatic heterocycles. The number of phosphoric ester groups is 1. The van der Waals surface area contributed by atoms with E-state index in [9.17, 15) is 43.2 Å². The average molecular weight is 771 g/mol. The number of rotatable bonds is 20. The fourth-order valence-corrected chi connectivity index (χ4v) is 5.90. The number of amides is 7. The number of nitrogens with two attached hydrogens (primary N) is 2. The van der Waals surface area contributed by atoms with Gasteiger partial charge < -0.3 is 47.3 Å². The fraction of sp³-hybridized carbons (Fsp3) is 0.594. The summed E-state index contributed by atoms with van der Waals surface area (Å²) in [7, 11) is -4.77. The van der Waals surface area contributed by atoms with Gasteiger partial charge in [0.05, 0.1) is 12.6 Å². The van der Waals surface area contributed by atoms with Crippen LogP contribution in [-0.2, 0) is 44.5 Å². The summed E-state index contributed by atoms with van der Waals surface area (Å²) in [5, 5.41) is 19.9. The highest BCUT2D eigenvalue weighted by molar-refractivity contribution is 7.46. The van der Waals surface area contributed by atoms with Gasteiger partial charge in [-0.05, 0) is 43.4 Å². The molecule has 1 fully saturated rings. The molecule has 1 aliphatic rings. The molecule has 0 radical (unpaired) electrons. The monoisotopic (exact) mass is 770 g/mol. The lowest BCUT2D eigenvalue weighted by atomic mass is 10.00. The van der Waals surface area contributed by atoms with Crippen molar-refractivity contribution in [2.24, 2.45) is 17.4 Å². The predicted molar refractivity (Wildman–Crippen MR) is 188 cm³/mol. The number of carbonyl (C=O) groups is 7. The van der Waals surface area contributed by atoms with E-state index in [0.717, 1.165) is 0 Å². The first-order chi connectivity index (χ1) is 24.6. The molecule has 1 aliphatic heterocycles. The second-order valence-corrected chi connectivity index (χ2v) is 14.4. The summed E-state index contributed by atoms with van der Waals surface area (Å²) in [5.74, 6) is -4.71. The quantitative estimate of drug-likeness (QED) is 0.0598. The first-order valence-electron chi connectivity index (χ1n) is 16.9. The van der Waals surface area contributed by atoms with Gasteiger partial charge in [-0.15, -0.1) is 0 Å². The molecule has 1 aromatic carbocycles. The van der Waals surface area contributed by atoms with Crippen LogP contribution in [0.4, 0.5) is 0 Å². The van der Waals surface area contributed by atoms with Crippen LogP contribution in [0.2, 0.25) is 0 Å². The van der Waals surface area contributed by atoms with Gasteiger partial charge >= 0.3 is 7.82 Å². The van der Waals surface area contributed by atoms with Gasteiger partial charge in [0, 0.05) is 45.9 Å². The van der Waals surface area contributed by atoms with Crippen molar-refractivity contribution >= 4 is 49.2 Å². The summed E-state index contributed by atoms with van der Waals surface area (Å²) in [6.45, 7) is 7.01. The SMILES string of the molecule is CC(=O)N[C@@H](Cc1ccc(OP(=O)(O)O)cc1)C(=O)N[C@@H](CC(C)C)C(=O)N1CCN(CC(=O)N[C@@H](CCC(N)=O)C(=O)N[C@H](C(N)=O)[C@@H](C)O)CC1. The van der Waals surface area contributed by atoms with Crippen LogP contribution in [0.15, 0.2) is 24.3 Å². The van der Waals surface area contributed by atoms with Crippen molar-refractivity contribution in [1.29, 1.82) is 0 Å². The third-order valence-electron chi connectivity index (χ3n) is 8.07. The van der Waals surface area contributed by atoms with Crippen LogP contribution in [0.5, 0.6) is 5.75 Å². The summed E-state index contributed by atoms with van der Waals surface area (Å²) in [5.41, 5.74) is 11.0. The Kier molecular flexibility index (Phi) is 17.3. The average Bonchev–Trinajstić information content (AvgIpc) is 3.04. The highest BCUT2D eigenvalue weighted by Crippen LogP contribution is 2.37. The van der Waals surface area contributed by atoms with Crippen molar-refractivity contribution in [2.75, 3.05) is 32.7 Å². The summed E-state index contributed by atoms with van der Waals surface area (Å²) < 4.78 is 15.7. The maximum absolute atomic E-state index is 13.7. The summed E-state index contributed by atoms with van der Waals surface area (Å²) in [6.07, 6.45) is -1.45. The fourth-order valence-electron chi connectivity index (χ4n) is 5.51. The number of carbonyl (C=O) groups excluding carboxylic acids is 7. The third-order valence-corrected chi connectivity index (χ3v) is 8.52. The predicted octanol–water partition coefficient (Wildman–Crippen LogP) is -3.02. The van der Waals surface area contributed by atoms with Gasteiger partial charge in [-0.25, -0.2) is 4.57 Å². The van der Waals surface area contributed by atoms with Crippen LogP contribution in [0, 0.1) is 5.92 Å². The van der Waals surface area contributed by atoms with E-state index in [2.05, 4.69) is 25.8 Å². The van der Waals surface area contributed by atoms with E-state index >= 15 is 0 Å². The van der Waals surface area contributed by atoms with Gasteiger partial charge in [0.2, 0.25) is 41.4 Å². The molecule has 0 unspecified atom stereocenters. The molecule has 0 aliphatic carbocycles. The number of phosphoric acid groups is 1. The molecule has 53 heavy (non-hydrogen) atoms. The summed E-state index contributed by atoms with van der Waals surface area (Å²) in [6, 6.07) is 0.869. The van der Waals surface area contributed by atoms with Gasteiger partial charge in [0.25, 0.3) is 0 Å². The van der Waals surface area contributed by atoms with Crippen molar-refractivity contribution in [3.8, 4) is 5.75 Å².